The van der Waals surface area contributed by atoms with E-state index in [-0.39, 0.29) is 16.7 Å². The number of nitrogens with one attached hydrogen (secondary N) is 2. The summed E-state index contributed by atoms with van der Waals surface area (Å²) in [5.41, 5.74) is 6.39. The van der Waals surface area contributed by atoms with Crippen LogP contribution in [0.15, 0.2) is 42.5 Å². The molecular formula is C23H23ClF2N4OS2. The molecule has 4 N–H and O–H groups in total. The van der Waals surface area contributed by atoms with Gasteiger partial charge in [-0.15, -0.1) is 0 Å². The SMILES string of the molecule is Nc1nc(NC2CCC(NSCc3ccccc3Cl)CC2)sc1C(=O)c1c(F)cccc1F. The zero-order valence-corrected chi connectivity index (χ0v) is 20.0. The van der Waals surface area contributed by atoms with E-state index in [9.17, 15) is 13.6 Å². The first-order valence-corrected chi connectivity index (χ1v) is 12.7. The molecule has 5 nitrogen and oxygen atoms in total. The van der Waals surface area contributed by atoms with Crippen LogP contribution in [0.5, 0.6) is 0 Å². The third-order valence-electron chi connectivity index (χ3n) is 5.54. The van der Waals surface area contributed by atoms with Crippen LogP contribution in [0.25, 0.3) is 0 Å². The van der Waals surface area contributed by atoms with Gasteiger partial charge in [-0.1, -0.05) is 59.2 Å². The molecule has 0 spiro atoms. The lowest BCUT2D eigenvalue weighted by molar-refractivity contribution is 0.103. The monoisotopic (exact) mass is 508 g/mol. The Bertz CT molecular complexity index is 1120. The summed E-state index contributed by atoms with van der Waals surface area (Å²) < 4.78 is 31.5. The molecule has 1 aliphatic rings. The predicted molar refractivity (Wildman–Crippen MR) is 132 cm³/mol. The predicted octanol–water partition coefficient (Wildman–Crippen LogP) is 6.05. The fourth-order valence-electron chi connectivity index (χ4n) is 3.77. The lowest BCUT2D eigenvalue weighted by Gasteiger charge is -2.29. The van der Waals surface area contributed by atoms with Gasteiger partial charge < -0.3 is 11.1 Å². The van der Waals surface area contributed by atoms with Crippen LogP contribution in [0.4, 0.5) is 19.7 Å². The summed E-state index contributed by atoms with van der Waals surface area (Å²) in [6.07, 6.45) is 3.82. The van der Waals surface area contributed by atoms with Gasteiger partial charge in [-0.05, 0) is 49.4 Å². The number of benzene rings is 2. The largest absolute Gasteiger partial charge is 0.382 e. The van der Waals surface area contributed by atoms with Gasteiger partial charge in [-0.3, -0.25) is 9.52 Å². The van der Waals surface area contributed by atoms with Gasteiger partial charge in [0.05, 0.1) is 5.56 Å². The van der Waals surface area contributed by atoms with E-state index in [1.165, 1.54) is 6.07 Å². The number of rotatable bonds is 8. The minimum Gasteiger partial charge on any atom is -0.382 e. The van der Waals surface area contributed by atoms with Crippen molar-refractivity contribution >= 4 is 51.6 Å². The Balaban J connectivity index is 1.29. The quantitative estimate of drug-likeness (QED) is 0.254. The summed E-state index contributed by atoms with van der Waals surface area (Å²) in [5.74, 6) is -1.85. The lowest BCUT2D eigenvalue weighted by atomic mass is 9.92. The van der Waals surface area contributed by atoms with Gasteiger partial charge in [0.2, 0.25) is 5.78 Å². The zero-order valence-electron chi connectivity index (χ0n) is 17.6. The second-order valence-electron chi connectivity index (χ2n) is 7.85. The number of nitrogens with zero attached hydrogens (tertiary/aromatic N) is 1. The molecule has 1 aromatic heterocycles. The van der Waals surface area contributed by atoms with E-state index < -0.39 is 23.0 Å². The molecule has 3 aromatic rings. The summed E-state index contributed by atoms with van der Waals surface area (Å²) in [7, 11) is 0. The Labute approximate surface area is 204 Å². The molecule has 0 unspecified atom stereocenters. The highest BCUT2D eigenvalue weighted by Gasteiger charge is 2.26. The Morgan fingerprint density at radius 3 is 2.45 bits per heavy atom. The zero-order chi connectivity index (χ0) is 23.4. The highest BCUT2D eigenvalue weighted by molar-refractivity contribution is 7.96. The van der Waals surface area contributed by atoms with Crippen molar-refractivity contribution in [1.82, 2.24) is 9.71 Å². The van der Waals surface area contributed by atoms with Crippen LogP contribution in [-0.4, -0.2) is 22.9 Å². The maximum atomic E-state index is 14.0. The van der Waals surface area contributed by atoms with Crippen molar-refractivity contribution in [3.63, 3.8) is 0 Å². The second-order valence-corrected chi connectivity index (χ2v) is 10.1. The van der Waals surface area contributed by atoms with E-state index in [1.54, 1.807) is 11.9 Å². The molecule has 0 aliphatic heterocycles. The number of ketones is 1. The van der Waals surface area contributed by atoms with Crippen LogP contribution in [0.1, 0.15) is 46.5 Å². The Kier molecular flexibility index (Phi) is 7.85. The summed E-state index contributed by atoms with van der Waals surface area (Å²) in [6.45, 7) is 0. The van der Waals surface area contributed by atoms with Crippen molar-refractivity contribution in [3.8, 4) is 0 Å². The van der Waals surface area contributed by atoms with Gasteiger partial charge in [0, 0.05) is 22.9 Å². The average Bonchev–Trinajstić information content (AvgIpc) is 3.16. The molecule has 2 aromatic carbocycles. The maximum absolute atomic E-state index is 14.0. The fraction of sp³-hybridized carbons (Fsp3) is 0.304. The Morgan fingerprint density at radius 1 is 1.09 bits per heavy atom. The van der Waals surface area contributed by atoms with Gasteiger partial charge in [-0.25, -0.2) is 13.8 Å². The maximum Gasteiger partial charge on any atom is 0.212 e. The van der Waals surface area contributed by atoms with Crippen molar-refractivity contribution < 1.29 is 13.6 Å². The first kappa shape index (κ1) is 23.9. The average molecular weight is 509 g/mol. The van der Waals surface area contributed by atoms with Crippen molar-refractivity contribution in [3.05, 3.63) is 75.1 Å². The van der Waals surface area contributed by atoms with E-state index in [1.807, 2.05) is 24.3 Å². The van der Waals surface area contributed by atoms with E-state index in [0.717, 1.165) is 65.5 Å². The number of thiazole rings is 1. The van der Waals surface area contributed by atoms with E-state index in [2.05, 4.69) is 15.0 Å². The van der Waals surface area contributed by atoms with Crippen molar-refractivity contribution in [2.24, 2.45) is 0 Å². The lowest BCUT2D eigenvalue weighted by Crippen LogP contribution is -2.34. The minimum atomic E-state index is -0.916. The van der Waals surface area contributed by atoms with Gasteiger partial charge in [0.1, 0.15) is 22.3 Å². The fourth-order valence-corrected chi connectivity index (χ4v) is 5.92. The Morgan fingerprint density at radius 2 is 1.76 bits per heavy atom. The molecule has 1 heterocycles. The molecule has 1 fully saturated rings. The number of nitrogens with two attached hydrogens (primary N) is 1. The number of nitrogen functional groups attached to an aromatic ring is 1. The molecular weight excluding hydrogens is 486 g/mol. The summed E-state index contributed by atoms with van der Waals surface area (Å²) in [5, 5.41) is 4.58. The van der Waals surface area contributed by atoms with Gasteiger partial charge in [-0.2, -0.15) is 0 Å². The molecule has 174 valence electrons. The highest BCUT2D eigenvalue weighted by Crippen LogP contribution is 2.32. The van der Waals surface area contributed by atoms with Crippen LogP contribution in [0, 0.1) is 11.6 Å². The molecule has 10 heteroatoms. The summed E-state index contributed by atoms with van der Waals surface area (Å²) in [4.78, 5) is 16.9. The first-order valence-electron chi connectivity index (χ1n) is 10.5. The molecule has 1 aliphatic carbocycles. The number of hydrogen-bond acceptors (Lipinski definition) is 7. The van der Waals surface area contributed by atoms with Gasteiger partial charge in [0.25, 0.3) is 0 Å². The summed E-state index contributed by atoms with van der Waals surface area (Å²) >= 11 is 8.89. The molecule has 0 saturated heterocycles. The number of aromatic nitrogens is 1. The second kappa shape index (κ2) is 10.8. The molecule has 1 saturated carbocycles. The number of carbonyl (C=O) groups excluding carboxylic acids is 1. The van der Waals surface area contributed by atoms with Crippen molar-refractivity contribution in [2.45, 2.75) is 43.5 Å². The van der Waals surface area contributed by atoms with E-state index >= 15 is 0 Å². The van der Waals surface area contributed by atoms with Crippen molar-refractivity contribution in [2.75, 3.05) is 11.1 Å². The van der Waals surface area contributed by atoms with Crippen LogP contribution in [0.3, 0.4) is 0 Å². The molecule has 0 bridgehead atoms. The van der Waals surface area contributed by atoms with Gasteiger partial charge >= 0.3 is 0 Å². The Hall–Kier alpha value is -2.20. The van der Waals surface area contributed by atoms with Crippen LogP contribution >= 0.6 is 34.9 Å². The van der Waals surface area contributed by atoms with Crippen LogP contribution < -0.4 is 15.8 Å². The molecule has 0 atom stereocenters. The third-order valence-corrected chi connectivity index (χ3v) is 7.86. The third kappa shape index (κ3) is 5.84. The number of anilines is 2. The first-order chi connectivity index (χ1) is 15.9. The normalized spacial score (nSPS) is 18.3. The highest BCUT2D eigenvalue weighted by atomic mass is 35.5. The summed E-state index contributed by atoms with van der Waals surface area (Å²) in [6, 6.07) is 11.7. The van der Waals surface area contributed by atoms with E-state index in [4.69, 9.17) is 17.3 Å². The number of halogens is 3. The smallest absolute Gasteiger partial charge is 0.212 e. The molecule has 4 rings (SSSR count). The number of carbonyl (C=O) groups is 1. The van der Waals surface area contributed by atoms with Crippen molar-refractivity contribution in [1.29, 1.82) is 0 Å². The molecule has 0 radical (unpaired) electrons. The van der Waals surface area contributed by atoms with E-state index in [0.29, 0.717) is 11.2 Å². The number of hydrogen-bond donors (Lipinski definition) is 3. The van der Waals surface area contributed by atoms with Crippen LogP contribution in [0.2, 0.25) is 5.02 Å². The molecule has 0 amide bonds. The molecule has 33 heavy (non-hydrogen) atoms. The van der Waals surface area contributed by atoms with Gasteiger partial charge in [0.15, 0.2) is 5.13 Å². The van der Waals surface area contributed by atoms with Crippen LogP contribution in [-0.2, 0) is 5.75 Å². The standard InChI is InChI=1S/C23H23ClF2N4OS2/c24-16-5-2-1-4-13(16)12-32-30-15-10-8-14(9-11-15)28-23-29-22(27)21(33-23)20(31)19-17(25)6-3-7-18(19)26/h1-7,14-15,30H,8-12,27H2,(H,28,29). The topological polar surface area (TPSA) is 80.0 Å². The minimum absolute atomic E-state index is 0.0264.